The summed E-state index contributed by atoms with van der Waals surface area (Å²) in [5, 5.41) is 9.62. The van der Waals surface area contributed by atoms with Crippen LogP contribution < -0.4 is 0 Å². The first kappa shape index (κ1) is 15.9. The Morgan fingerprint density at radius 2 is 1.55 bits per heavy atom. The Balaban J connectivity index is 1.80. The molecule has 114 valence electrons. The van der Waals surface area contributed by atoms with Gasteiger partial charge in [0.2, 0.25) is 0 Å². The van der Waals surface area contributed by atoms with Gasteiger partial charge in [-0.3, -0.25) is 0 Å². The van der Waals surface area contributed by atoms with E-state index in [1.54, 1.807) is 0 Å². The highest BCUT2D eigenvalue weighted by atomic mass is 14.4. The summed E-state index contributed by atoms with van der Waals surface area (Å²) >= 11 is 0. The molecule has 0 aromatic heterocycles. The van der Waals surface area contributed by atoms with Gasteiger partial charge in [-0.2, -0.15) is 5.26 Å². The van der Waals surface area contributed by atoms with Gasteiger partial charge in [0, 0.05) is 0 Å². The first-order valence-electron chi connectivity index (χ1n) is 9.10. The number of hydrogen-bond acceptors (Lipinski definition) is 1. The molecule has 0 unspecified atom stereocenters. The molecule has 2 aliphatic carbocycles. The molecular weight excluding hydrogens is 242 g/mol. The van der Waals surface area contributed by atoms with Gasteiger partial charge in [0.15, 0.2) is 0 Å². The number of nitriles is 1. The second kappa shape index (κ2) is 7.48. The molecule has 0 aromatic rings. The lowest BCUT2D eigenvalue weighted by Crippen LogP contribution is -2.30. The van der Waals surface area contributed by atoms with E-state index in [0.29, 0.717) is 0 Å². The molecule has 1 nitrogen and oxygen atoms in total. The van der Waals surface area contributed by atoms with Crippen molar-refractivity contribution in [3.05, 3.63) is 0 Å². The summed E-state index contributed by atoms with van der Waals surface area (Å²) in [5.41, 5.74) is 0.0492. The Labute approximate surface area is 126 Å². The van der Waals surface area contributed by atoms with Crippen LogP contribution in [0.3, 0.4) is 0 Å². The molecule has 2 saturated carbocycles. The summed E-state index contributed by atoms with van der Waals surface area (Å²) < 4.78 is 0. The summed E-state index contributed by atoms with van der Waals surface area (Å²) in [4.78, 5) is 0. The van der Waals surface area contributed by atoms with Crippen molar-refractivity contribution in [2.75, 3.05) is 0 Å². The van der Waals surface area contributed by atoms with Crippen molar-refractivity contribution in [1.82, 2.24) is 0 Å². The standard InChI is InChI=1S/C19H33N/c1-3-4-5-12-19(15-20)13-10-18(11-14-19)17-8-6-16(2)7-9-17/h16-18H,3-14H2,1-2H3. The van der Waals surface area contributed by atoms with Crippen LogP contribution in [0.4, 0.5) is 0 Å². The number of rotatable bonds is 5. The Kier molecular flexibility index (Phi) is 5.94. The van der Waals surface area contributed by atoms with E-state index < -0.39 is 0 Å². The second-order valence-electron chi connectivity index (χ2n) is 7.71. The van der Waals surface area contributed by atoms with Crippen LogP contribution in [0.1, 0.15) is 90.9 Å². The van der Waals surface area contributed by atoms with Gasteiger partial charge >= 0.3 is 0 Å². The van der Waals surface area contributed by atoms with Crippen molar-refractivity contribution in [1.29, 1.82) is 5.26 Å². The second-order valence-corrected chi connectivity index (χ2v) is 7.71. The van der Waals surface area contributed by atoms with E-state index in [1.165, 1.54) is 70.6 Å². The molecule has 0 heterocycles. The summed E-state index contributed by atoms with van der Waals surface area (Å²) in [5.74, 6) is 2.88. The van der Waals surface area contributed by atoms with Crippen LogP contribution in [-0.2, 0) is 0 Å². The lowest BCUT2D eigenvalue weighted by molar-refractivity contribution is 0.119. The highest BCUT2D eigenvalue weighted by Crippen LogP contribution is 2.47. The largest absolute Gasteiger partial charge is 0.198 e. The summed E-state index contributed by atoms with van der Waals surface area (Å²) in [6, 6.07) is 2.71. The normalized spacial score (nSPS) is 38.4. The summed E-state index contributed by atoms with van der Waals surface area (Å²) in [7, 11) is 0. The first-order chi connectivity index (χ1) is 9.69. The molecule has 0 atom stereocenters. The quantitative estimate of drug-likeness (QED) is 0.557. The fraction of sp³-hybridized carbons (Fsp3) is 0.947. The Hall–Kier alpha value is -0.510. The number of unbranched alkanes of at least 4 members (excludes halogenated alkanes) is 2. The summed E-state index contributed by atoms with van der Waals surface area (Å²) in [6.07, 6.45) is 15.8. The van der Waals surface area contributed by atoms with Gasteiger partial charge in [0.1, 0.15) is 0 Å². The van der Waals surface area contributed by atoms with Gasteiger partial charge in [-0.05, 0) is 62.7 Å². The van der Waals surface area contributed by atoms with Crippen molar-refractivity contribution >= 4 is 0 Å². The molecule has 0 spiro atoms. The van der Waals surface area contributed by atoms with Crippen molar-refractivity contribution in [2.24, 2.45) is 23.2 Å². The Morgan fingerprint density at radius 1 is 0.950 bits per heavy atom. The van der Waals surface area contributed by atoms with Crippen LogP contribution in [0.2, 0.25) is 0 Å². The SMILES string of the molecule is CCCCCC1(C#N)CCC(C2CCC(C)CC2)CC1. The van der Waals surface area contributed by atoms with E-state index in [2.05, 4.69) is 19.9 Å². The number of hydrogen-bond donors (Lipinski definition) is 0. The van der Waals surface area contributed by atoms with Gasteiger partial charge in [-0.15, -0.1) is 0 Å². The molecule has 20 heavy (non-hydrogen) atoms. The minimum Gasteiger partial charge on any atom is -0.198 e. The molecule has 2 aliphatic rings. The third-order valence-electron chi connectivity index (χ3n) is 6.21. The molecule has 0 bridgehead atoms. The zero-order valence-electron chi connectivity index (χ0n) is 13.7. The minimum atomic E-state index is 0.0492. The lowest BCUT2D eigenvalue weighted by atomic mass is 9.63. The van der Waals surface area contributed by atoms with Crippen LogP contribution in [0.25, 0.3) is 0 Å². The molecule has 0 aliphatic heterocycles. The van der Waals surface area contributed by atoms with Gasteiger partial charge in [0.05, 0.1) is 11.5 Å². The van der Waals surface area contributed by atoms with Crippen molar-refractivity contribution in [2.45, 2.75) is 90.9 Å². The Morgan fingerprint density at radius 3 is 2.10 bits per heavy atom. The van der Waals surface area contributed by atoms with E-state index >= 15 is 0 Å². The van der Waals surface area contributed by atoms with Crippen molar-refractivity contribution in [3.63, 3.8) is 0 Å². The highest BCUT2D eigenvalue weighted by Gasteiger charge is 2.37. The maximum atomic E-state index is 9.62. The Bertz CT molecular complexity index is 311. The first-order valence-corrected chi connectivity index (χ1v) is 9.10. The predicted octanol–water partition coefficient (Wildman–Crippen LogP) is 6.09. The molecule has 2 rings (SSSR count). The average Bonchev–Trinajstić information content (AvgIpc) is 2.49. The smallest absolute Gasteiger partial charge is 0.0689 e. The lowest BCUT2D eigenvalue weighted by Gasteiger charge is -2.40. The van der Waals surface area contributed by atoms with Gasteiger partial charge < -0.3 is 0 Å². The van der Waals surface area contributed by atoms with E-state index in [0.717, 1.165) is 24.2 Å². The molecule has 1 heteroatoms. The van der Waals surface area contributed by atoms with E-state index in [1.807, 2.05) is 0 Å². The average molecular weight is 275 g/mol. The molecule has 2 fully saturated rings. The molecule has 0 amide bonds. The third-order valence-corrected chi connectivity index (χ3v) is 6.21. The molecular formula is C19H33N. The fourth-order valence-electron chi connectivity index (χ4n) is 4.55. The van der Waals surface area contributed by atoms with Gasteiger partial charge in [-0.1, -0.05) is 46.0 Å². The van der Waals surface area contributed by atoms with Crippen molar-refractivity contribution < 1.29 is 0 Å². The zero-order valence-corrected chi connectivity index (χ0v) is 13.7. The molecule has 0 radical (unpaired) electrons. The maximum absolute atomic E-state index is 9.62. The maximum Gasteiger partial charge on any atom is 0.0689 e. The van der Waals surface area contributed by atoms with Crippen LogP contribution in [-0.4, -0.2) is 0 Å². The summed E-state index contributed by atoms with van der Waals surface area (Å²) in [6.45, 7) is 4.66. The molecule has 0 N–H and O–H groups in total. The predicted molar refractivity (Wildman–Crippen MR) is 85.3 cm³/mol. The van der Waals surface area contributed by atoms with Crippen LogP contribution in [0, 0.1) is 34.5 Å². The minimum absolute atomic E-state index is 0.0492. The fourth-order valence-corrected chi connectivity index (χ4v) is 4.55. The monoisotopic (exact) mass is 275 g/mol. The highest BCUT2D eigenvalue weighted by molar-refractivity contribution is 5.02. The third kappa shape index (κ3) is 4.00. The number of nitrogens with zero attached hydrogens (tertiary/aromatic N) is 1. The van der Waals surface area contributed by atoms with Gasteiger partial charge in [-0.25, -0.2) is 0 Å². The van der Waals surface area contributed by atoms with E-state index in [-0.39, 0.29) is 5.41 Å². The molecule has 0 aromatic carbocycles. The van der Waals surface area contributed by atoms with Crippen LogP contribution >= 0.6 is 0 Å². The van der Waals surface area contributed by atoms with E-state index in [4.69, 9.17) is 0 Å². The zero-order chi connectivity index (χ0) is 14.4. The van der Waals surface area contributed by atoms with Crippen molar-refractivity contribution in [3.8, 4) is 6.07 Å². The topological polar surface area (TPSA) is 23.8 Å². The van der Waals surface area contributed by atoms with Gasteiger partial charge in [0.25, 0.3) is 0 Å². The van der Waals surface area contributed by atoms with Crippen LogP contribution in [0.15, 0.2) is 0 Å². The van der Waals surface area contributed by atoms with Crippen LogP contribution in [0.5, 0.6) is 0 Å². The van der Waals surface area contributed by atoms with E-state index in [9.17, 15) is 5.26 Å². The molecule has 0 saturated heterocycles.